The Bertz CT molecular complexity index is 709. The summed E-state index contributed by atoms with van der Waals surface area (Å²) in [5.41, 5.74) is 0. The quantitative estimate of drug-likeness (QED) is 0.773. The Balaban J connectivity index is 1.98. The standard InChI is InChI=1S/C12H9N3O2S2/c16-12(17)9(8-2-1-4-18-8)15-10-7-3-5-19-11(7)14-6-13-10/h1-6,9H,(H,16,17)(H,13,14,15). The summed E-state index contributed by atoms with van der Waals surface area (Å²) in [5, 5.41) is 16.9. The minimum atomic E-state index is -0.926. The summed E-state index contributed by atoms with van der Waals surface area (Å²) in [7, 11) is 0. The Morgan fingerprint density at radius 1 is 1.26 bits per heavy atom. The molecule has 1 atom stereocenters. The average molecular weight is 291 g/mol. The second kappa shape index (κ2) is 4.94. The highest BCUT2D eigenvalue weighted by Gasteiger charge is 2.22. The van der Waals surface area contributed by atoms with Gasteiger partial charge in [-0.1, -0.05) is 6.07 Å². The normalized spacial score (nSPS) is 12.4. The molecule has 96 valence electrons. The molecule has 0 amide bonds. The van der Waals surface area contributed by atoms with Gasteiger partial charge < -0.3 is 10.4 Å². The molecule has 5 nitrogen and oxygen atoms in total. The molecular formula is C12H9N3O2S2. The molecule has 0 aliphatic carbocycles. The van der Waals surface area contributed by atoms with Crippen molar-refractivity contribution < 1.29 is 9.90 Å². The van der Waals surface area contributed by atoms with Crippen molar-refractivity contribution in [3.05, 3.63) is 40.2 Å². The van der Waals surface area contributed by atoms with Crippen LogP contribution in [0.5, 0.6) is 0 Å². The molecule has 3 rings (SSSR count). The topological polar surface area (TPSA) is 75.1 Å². The number of carbonyl (C=O) groups is 1. The van der Waals surface area contributed by atoms with Crippen LogP contribution < -0.4 is 5.32 Å². The number of hydrogen-bond acceptors (Lipinski definition) is 6. The number of thiophene rings is 2. The first-order chi connectivity index (χ1) is 9.25. The minimum absolute atomic E-state index is 0.548. The molecule has 1 unspecified atom stereocenters. The van der Waals surface area contributed by atoms with E-state index in [4.69, 9.17) is 0 Å². The van der Waals surface area contributed by atoms with Gasteiger partial charge in [0.15, 0.2) is 6.04 Å². The zero-order chi connectivity index (χ0) is 13.2. The number of carboxylic acid groups (broad SMARTS) is 1. The van der Waals surface area contributed by atoms with Crippen LogP contribution in [0.2, 0.25) is 0 Å². The molecule has 0 saturated carbocycles. The first-order valence-corrected chi connectivity index (χ1v) is 7.22. The molecule has 0 radical (unpaired) electrons. The van der Waals surface area contributed by atoms with E-state index in [0.717, 1.165) is 15.1 Å². The SMILES string of the molecule is O=C(O)C(Nc1ncnc2sccc12)c1cccs1. The van der Waals surface area contributed by atoms with Gasteiger partial charge in [0.2, 0.25) is 0 Å². The van der Waals surface area contributed by atoms with E-state index in [9.17, 15) is 9.90 Å². The Morgan fingerprint density at radius 3 is 2.89 bits per heavy atom. The second-order valence-electron chi connectivity index (χ2n) is 3.79. The number of carboxylic acids is 1. The summed E-state index contributed by atoms with van der Waals surface area (Å²) in [6.45, 7) is 0. The summed E-state index contributed by atoms with van der Waals surface area (Å²) in [6.07, 6.45) is 1.44. The third-order valence-corrected chi connectivity index (χ3v) is 4.38. The number of fused-ring (bicyclic) bond motifs is 1. The van der Waals surface area contributed by atoms with Crippen molar-refractivity contribution in [2.24, 2.45) is 0 Å². The third kappa shape index (κ3) is 2.29. The van der Waals surface area contributed by atoms with Crippen LogP contribution in [-0.2, 0) is 4.79 Å². The van der Waals surface area contributed by atoms with Gasteiger partial charge in [0.25, 0.3) is 0 Å². The van der Waals surface area contributed by atoms with E-state index in [1.807, 2.05) is 22.9 Å². The number of anilines is 1. The van der Waals surface area contributed by atoms with Crippen LogP contribution >= 0.6 is 22.7 Å². The molecule has 0 aliphatic heterocycles. The van der Waals surface area contributed by atoms with Crippen LogP contribution in [0.3, 0.4) is 0 Å². The van der Waals surface area contributed by atoms with E-state index in [0.29, 0.717) is 5.82 Å². The van der Waals surface area contributed by atoms with Gasteiger partial charge in [-0.25, -0.2) is 14.8 Å². The van der Waals surface area contributed by atoms with Crippen molar-refractivity contribution in [3.63, 3.8) is 0 Å². The van der Waals surface area contributed by atoms with Crippen LogP contribution in [0.4, 0.5) is 5.82 Å². The van der Waals surface area contributed by atoms with Crippen LogP contribution in [0.25, 0.3) is 10.2 Å². The summed E-state index contributed by atoms with van der Waals surface area (Å²) in [6, 6.07) is 4.72. The molecule has 0 aromatic carbocycles. The first-order valence-electron chi connectivity index (χ1n) is 5.46. The number of nitrogens with zero attached hydrogens (tertiary/aromatic N) is 2. The lowest BCUT2D eigenvalue weighted by Crippen LogP contribution is -2.20. The second-order valence-corrected chi connectivity index (χ2v) is 5.67. The lowest BCUT2D eigenvalue weighted by molar-refractivity contribution is -0.138. The van der Waals surface area contributed by atoms with E-state index < -0.39 is 12.0 Å². The average Bonchev–Trinajstić information content (AvgIpc) is 3.06. The highest BCUT2D eigenvalue weighted by molar-refractivity contribution is 7.16. The highest BCUT2D eigenvalue weighted by atomic mass is 32.1. The van der Waals surface area contributed by atoms with Crippen molar-refractivity contribution in [2.75, 3.05) is 5.32 Å². The zero-order valence-electron chi connectivity index (χ0n) is 9.61. The number of nitrogens with one attached hydrogen (secondary N) is 1. The van der Waals surface area contributed by atoms with E-state index in [2.05, 4.69) is 15.3 Å². The lowest BCUT2D eigenvalue weighted by Gasteiger charge is -2.13. The van der Waals surface area contributed by atoms with Crippen LogP contribution in [-0.4, -0.2) is 21.0 Å². The number of hydrogen-bond donors (Lipinski definition) is 2. The van der Waals surface area contributed by atoms with Crippen LogP contribution in [0.1, 0.15) is 10.9 Å². The van der Waals surface area contributed by atoms with Gasteiger partial charge in [-0.05, 0) is 22.9 Å². The molecule has 3 aromatic rings. The van der Waals surface area contributed by atoms with E-state index in [-0.39, 0.29) is 0 Å². The summed E-state index contributed by atoms with van der Waals surface area (Å²) in [4.78, 5) is 21.2. The molecule has 0 spiro atoms. The summed E-state index contributed by atoms with van der Waals surface area (Å²) < 4.78 is 0. The Morgan fingerprint density at radius 2 is 2.16 bits per heavy atom. The third-order valence-electron chi connectivity index (χ3n) is 2.62. The maximum absolute atomic E-state index is 11.4. The molecular weight excluding hydrogens is 282 g/mol. The number of aliphatic carboxylic acids is 1. The minimum Gasteiger partial charge on any atom is -0.479 e. The van der Waals surface area contributed by atoms with E-state index in [1.54, 1.807) is 6.07 Å². The molecule has 0 bridgehead atoms. The molecule has 0 aliphatic rings. The molecule has 7 heteroatoms. The molecule has 0 saturated heterocycles. The molecule has 2 N–H and O–H groups in total. The maximum Gasteiger partial charge on any atom is 0.331 e. The number of aromatic nitrogens is 2. The van der Waals surface area contributed by atoms with Gasteiger partial charge in [0.1, 0.15) is 17.0 Å². The van der Waals surface area contributed by atoms with Crippen LogP contribution in [0.15, 0.2) is 35.3 Å². The number of rotatable bonds is 4. The van der Waals surface area contributed by atoms with Crippen LogP contribution in [0, 0.1) is 0 Å². The van der Waals surface area contributed by atoms with Gasteiger partial charge >= 0.3 is 5.97 Å². The van der Waals surface area contributed by atoms with Crippen molar-refractivity contribution in [2.45, 2.75) is 6.04 Å². The fourth-order valence-electron chi connectivity index (χ4n) is 1.75. The van der Waals surface area contributed by atoms with Gasteiger partial charge in [-0.2, -0.15) is 0 Å². The summed E-state index contributed by atoms with van der Waals surface area (Å²) >= 11 is 2.90. The predicted molar refractivity (Wildman–Crippen MR) is 75.7 cm³/mol. The van der Waals surface area contributed by atoms with Crippen molar-refractivity contribution in [1.82, 2.24) is 9.97 Å². The monoisotopic (exact) mass is 291 g/mol. The Hall–Kier alpha value is -1.99. The largest absolute Gasteiger partial charge is 0.479 e. The van der Waals surface area contributed by atoms with Gasteiger partial charge in [-0.3, -0.25) is 0 Å². The maximum atomic E-state index is 11.4. The van der Waals surface area contributed by atoms with Gasteiger partial charge in [0, 0.05) is 4.88 Å². The van der Waals surface area contributed by atoms with Crippen molar-refractivity contribution >= 4 is 44.7 Å². The fraction of sp³-hybridized carbons (Fsp3) is 0.0833. The van der Waals surface area contributed by atoms with Gasteiger partial charge in [0.05, 0.1) is 5.39 Å². The van der Waals surface area contributed by atoms with Crippen molar-refractivity contribution in [3.8, 4) is 0 Å². The molecule has 19 heavy (non-hydrogen) atoms. The molecule has 3 heterocycles. The lowest BCUT2D eigenvalue weighted by atomic mass is 10.2. The van der Waals surface area contributed by atoms with E-state index >= 15 is 0 Å². The smallest absolute Gasteiger partial charge is 0.331 e. The predicted octanol–water partition coefficient (Wildman–Crippen LogP) is 2.99. The Kier molecular flexibility index (Phi) is 3.14. The molecule has 0 fully saturated rings. The zero-order valence-corrected chi connectivity index (χ0v) is 11.2. The van der Waals surface area contributed by atoms with E-state index in [1.165, 1.54) is 29.0 Å². The summed E-state index contributed by atoms with van der Waals surface area (Å²) in [5.74, 6) is -0.378. The first kappa shape index (κ1) is 12.1. The fourth-order valence-corrected chi connectivity index (χ4v) is 3.25. The molecule has 3 aromatic heterocycles. The van der Waals surface area contributed by atoms with Crippen molar-refractivity contribution in [1.29, 1.82) is 0 Å². The van der Waals surface area contributed by atoms with Gasteiger partial charge in [-0.15, -0.1) is 22.7 Å². The highest BCUT2D eigenvalue weighted by Crippen LogP contribution is 2.28. The Labute approximate surface area is 116 Å².